The number of benzene rings is 1. The van der Waals surface area contributed by atoms with Gasteiger partial charge >= 0.3 is 0 Å². The van der Waals surface area contributed by atoms with Crippen molar-refractivity contribution in [1.82, 2.24) is 10.2 Å². The fraction of sp³-hybridized carbons (Fsp3) is 0.0588. The van der Waals surface area contributed by atoms with E-state index in [-0.39, 0.29) is 28.7 Å². The summed E-state index contributed by atoms with van der Waals surface area (Å²) < 4.78 is 0. The van der Waals surface area contributed by atoms with Crippen LogP contribution in [0.25, 0.3) is 0 Å². The van der Waals surface area contributed by atoms with Gasteiger partial charge in [-0.2, -0.15) is 0 Å². The van der Waals surface area contributed by atoms with Gasteiger partial charge in [0.05, 0.1) is 15.6 Å². The van der Waals surface area contributed by atoms with Crippen LogP contribution in [0.4, 0.5) is 11.5 Å². The number of ketones is 1. The summed E-state index contributed by atoms with van der Waals surface area (Å²) in [7, 11) is 0. The molecule has 0 atom stereocenters. The predicted molar refractivity (Wildman–Crippen MR) is 102 cm³/mol. The molecule has 0 spiro atoms. The van der Waals surface area contributed by atoms with Gasteiger partial charge in [0.15, 0.2) is 11.6 Å². The van der Waals surface area contributed by atoms with Crippen molar-refractivity contribution in [3.05, 3.63) is 74.5 Å². The molecule has 0 unspecified atom stereocenters. The first kappa shape index (κ1) is 18.7. The molecule has 27 heavy (non-hydrogen) atoms. The van der Waals surface area contributed by atoms with Crippen molar-refractivity contribution < 1.29 is 14.5 Å². The Morgan fingerprint density at radius 3 is 2.67 bits per heavy atom. The Kier molecular flexibility index (Phi) is 5.89. The van der Waals surface area contributed by atoms with Crippen LogP contribution < -0.4 is 5.32 Å². The Morgan fingerprint density at radius 2 is 2.00 bits per heavy atom. The van der Waals surface area contributed by atoms with Gasteiger partial charge in [0, 0.05) is 17.7 Å². The summed E-state index contributed by atoms with van der Waals surface area (Å²) in [5.41, 5.74) is 0.140. The second-order valence-corrected chi connectivity index (χ2v) is 7.15. The highest BCUT2D eigenvalue weighted by molar-refractivity contribution is 7.99. The number of anilines is 1. The quantitative estimate of drug-likeness (QED) is 0.278. The standard InChI is InChI=1S/C17H12N4O4S2/c22-13(11-3-1-4-12(9-11)21(24)25)10-27-16-7-6-15(19-20-16)18-17(23)14-5-2-8-26-14/h1-9H,10H2,(H,18,19,23). The first-order chi connectivity index (χ1) is 13.0. The second kappa shape index (κ2) is 8.52. The lowest BCUT2D eigenvalue weighted by Crippen LogP contribution is -2.11. The largest absolute Gasteiger partial charge is 0.304 e. The van der Waals surface area contributed by atoms with E-state index >= 15 is 0 Å². The molecule has 0 saturated carbocycles. The molecular weight excluding hydrogens is 388 g/mol. The van der Waals surface area contributed by atoms with Crippen LogP contribution in [-0.4, -0.2) is 32.6 Å². The monoisotopic (exact) mass is 400 g/mol. The lowest BCUT2D eigenvalue weighted by atomic mass is 10.1. The highest BCUT2D eigenvalue weighted by atomic mass is 32.2. The molecule has 3 aromatic rings. The number of amides is 1. The molecule has 8 nitrogen and oxygen atoms in total. The zero-order valence-electron chi connectivity index (χ0n) is 13.7. The fourth-order valence-electron chi connectivity index (χ4n) is 2.07. The van der Waals surface area contributed by atoms with Gasteiger partial charge in [-0.25, -0.2) is 0 Å². The third-order valence-electron chi connectivity index (χ3n) is 3.36. The first-order valence-electron chi connectivity index (χ1n) is 7.62. The van der Waals surface area contributed by atoms with Gasteiger partial charge in [0.1, 0.15) is 5.03 Å². The average Bonchev–Trinajstić information content (AvgIpc) is 3.22. The van der Waals surface area contributed by atoms with Crippen molar-refractivity contribution in [2.24, 2.45) is 0 Å². The molecule has 1 amide bonds. The smallest absolute Gasteiger partial charge is 0.270 e. The van der Waals surface area contributed by atoms with Crippen LogP contribution in [0.2, 0.25) is 0 Å². The molecule has 0 radical (unpaired) electrons. The molecule has 0 aliphatic rings. The highest BCUT2D eigenvalue weighted by Crippen LogP contribution is 2.20. The number of nitrogens with zero attached hydrogens (tertiary/aromatic N) is 3. The summed E-state index contributed by atoms with van der Waals surface area (Å²) in [5.74, 6) is -0.139. The number of thioether (sulfide) groups is 1. The van der Waals surface area contributed by atoms with Crippen LogP contribution >= 0.6 is 23.1 Å². The molecular formula is C17H12N4O4S2. The van der Waals surface area contributed by atoms with E-state index < -0.39 is 4.92 Å². The number of carbonyl (C=O) groups is 2. The van der Waals surface area contributed by atoms with Crippen LogP contribution in [0.15, 0.2) is 58.9 Å². The van der Waals surface area contributed by atoms with Gasteiger partial charge in [-0.05, 0) is 23.6 Å². The maximum Gasteiger partial charge on any atom is 0.270 e. The number of Topliss-reactive ketones (excluding diaryl/α,β-unsaturated/α-hetero) is 1. The second-order valence-electron chi connectivity index (χ2n) is 5.21. The number of thiophene rings is 1. The third-order valence-corrected chi connectivity index (χ3v) is 5.15. The Balaban J connectivity index is 1.57. The summed E-state index contributed by atoms with van der Waals surface area (Å²) in [4.78, 5) is 34.9. The summed E-state index contributed by atoms with van der Waals surface area (Å²) in [5, 5.41) is 23.6. The Hall–Kier alpha value is -3.11. The molecule has 0 saturated heterocycles. The predicted octanol–water partition coefficient (Wildman–Crippen LogP) is 3.67. The van der Waals surface area contributed by atoms with Crippen molar-refractivity contribution in [3.63, 3.8) is 0 Å². The van der Waals surface area contributed by atoms with E-state index in [0.717, 1.165) is 11.8 Å². The molecule has 2 heterocycles. The normalized spacial score (nSPS) is 10.4. The Morgan fingerprint density at radius 1 is 1.15 bits per heavy atom. The molecule has 0 aliphatic heterocycles. The molecule has 136 valence electrons. The van der Waals surface area contributed by atoms with E-state index in [2.05, 4.69) is 15.5 Å². The topological polar surface area (TPSA) is 115 Å². The number of hydrogen-bond donors (Lipinski definition) is 1. The van der Waals surface area contributed by atoms with E-state index in [9.17, 15) is 19.7 Å². The number of hydrogen-bond acceptors (Lipinski definition) is 8. The highest BCUT2D eigenvalue weighted by Gasteiger charge is 2.13. The summed E-state index contributed by atoms with van der Waals surface area (Å²) >= 11 is 2.48. The van der Waals surface area contributed by atoms with Gasteiger partial charge in [0.2, 0.25) is 0 Å². The molecule has 0 fully saturated rings. The number of rotatable bonds is 7. The molecule has 1 aromatic carbocycles. The van der Waals surface area contributed by atoms with Crippen LogP contribution in [0, 0.1) is 10.1 Å². The molecule has 0 bridgehead atoms. The van der Waals surface area contributed by atoms with Gasteiger partial charge in [0.25, 0.3) is 11.6 Å². The third kappa shape index (κ3) is 4.96. The van der Waals surface area contributed by atoms with Gasteiger partial charge < -0.3 is 5.32 Å². The maximum atomic E-state index is 12.2. The zero-order valence-corrected chi connectivity index (χ0v) is 15.3. The van der Waals surface area contributed by atoms with Gasteiger partial charge in [-0.1, -0.05) is 30.0 Å². The van der Waals surface area contributed by atoms with Crippen molar-refractivity contribution in [3.8, 4) is 0 Å². The number of nitro groups is 1. The summed E-state index contributed by atoms with van der Waals surface area (Å²) in [6.45, 7) is 0. The lowest BCUT2D eigenvalue weighted by Gasteiger charge is -2.04. The van der Waals surface area contributed by atoms with E-state index in [1.54, 1.807) is 29.6 Å². The number of nitrogens with one attached hydrogen (secondary N) is 1. The van der Waals surface area contributed by atoms with E-state index in [1.807, 2.05) is 0 Å². The number of aromatic nitrogens is 2. The van der Waals surface area contributed by atoms with Crippen molar-refractivity contribution in [2.45, 2.75) is 5.03 Å². The maximum absolute atomic E-state index is 12.2. The van der Waals surface area contributed by atoms with Crippen LogP contribution in [0.1, 0.15) is 20.0 Å². The SMILES string of the molecule is O=C(CSc1ccc(NC(=O)c2cccs2)nn1)c1cccc([N+](=O)[O-])c1. The van der Waals surface area contributed by atoms with Crippen molar-refractivity contribution in [1.29, 1.82) is 0 Å². The summed E-state index contributed by atoms with van der Waals surface area (Å²) in [6.07, 6.45) is 0. The van der Waals surface area contributed by atoms with Crippen molar-refractivity contribution in [2.75, 3.05) is 11.1 Å². The van der Waals surface area contributed by atoms with E-state index in [1.165, 1.54) is 35.6 Å². The molecule has 3 rings (SSSR count). The Labute approximate surface area is 161 Å². The number of non-ortho nitro benzene ring substituents is 1. The molecule has 2 aromatic heterocycles. The Bertz CT molecular complexity index is 975. The average molecular weight is 400 g/mol. The van der Waals surface area contributed by atoms with Gasteiger partial charge in [-0.15, -0.1) is 21.5 Å². The van der Waals surface area contributed by atoms with Gasteiger partial charge in [-0.3, -0.25) is 19.7 Å². The number of carbonyl (C=O) groups excluding carboxylic acids is 2. The number of nitro benzene ring substituents is 1. The fourth-order valence-corrected chi connectivity index (χ4v) is 3.39. The van der Waals surface area contributed by atoms with E-state index in [0.29, 0.717) is 15.7 Å². The summed E-state index contributed by atoms with van der Waals surface area (Å²) in [6, 6.07) is 12.3. The minimum Gasteiger partial charge on any atom is -0.304 e. The van der Waals surface area contributed by atoms with Crippen LogP contribution in [0.3, 0.4) is 0 Å². The lowest BCUT2D eigenvalue weighted by molar-refractivity contribution is -0.384. The van der Waals surface area contributed by atoms with Crippen LogP contribution in [-0.2, 0) is 0 Å². The first-order valence-corrected chi connectivity index (χ1v) is 9.48. The molecule has 0 aliphatic carbocycles. The molecule has 10 heteroatoms. The van der Waals surface area contributed by atoms with Crippen molar-refractivity contribution >= 4 is 46.3 Å². The minimum atomic E-state index is -0.543. The van der Waals surface area contributed by atoms with Crippen LogP contribution in [0.5, 0.6) is 0 Å². The minimum absolute atomic E-state index is 0.0662. The zero-order chi connectivity index (χ0) is 19.2. The molecule has 1 N–H and O–H groups in total. The van der Waals surface area contributed by atoms with E-state index in [4.69, 9.17) is 0 Å².